The molecule has 0 spiro atoms. The first-order valence-electron chi connectivity index (χ1n) is 12.5. The molecule has 2 atom stereocenters. The van der Waals surface area contributed by atoms with Crippen molar-refractivity contribution in [3.8, 4) is 11.5 Å². The van der Waals surface area contributed by atoms with Gasteiger partial charge in [-0.1, -0.05) is 24.3 Å². The Labute approximate surface area is 208 Å². The predicted octanol–water partition coefficient (Wildman–Crippen LogP) is 5.04. The number of nitrogens with zero attached hydrogens (tertiary/aromatic N) is 2. The van der Waals surface area contributed by atoms with Crippen molar-refractivity contribution in [2.45, 2.75) is 50.7 Å². The number of hydrogen-bond acceptors (Lipinski definition) is 4. The Kier molecular flexibility index (Phi) is 3.99. The van der Waals surface area contributed by atoms with E-state index >= 15 is 0 Å². The van der Waals surface area contributed by atoms with Gasteiger partial charge in [-0.05, 0) is 62.6 Å². The Hall–Kier alpha value is -3.80. The Morgan fingerprint density at radius 3 is 2.06 bits per heavy atom. The van der Waals surface area contributed by atoms with Gasteiger partial charge < -0.3 is 18.6 Å². The number of ether oxygens (including phenoxy) is 2. The maximum atomic E-state index is 13.8. The van der Waals surface area contributed by atoms with E-state index in [0.717, 1.165) is 33.0 Å². The Balaban J connectivity index is 1.61. The average molecular weight is 481 g/mol. The summed E-state index contributed by atoms with van der Waals surface area (Å²) in [6.07, 6.45) is 1.25. The number of para-hydroxylation sites is 2. The number of pyridine rings is 2. The van der Waals surface area contributed by atoms with E-state index in [1.165, 1.54) is 0 Å². The molecule has 0 fully saturated rings. The summed E-state index contributed by atoms with van der Waals surface area (Å²) in [5, 5.41) is 1.85. The molecule has 0 radical (unpaired) electrons. The average Bonchev–Trinajstić information content (AvgIpc) is 2.84. The maximum Gasteiger partial charge on any atom is 0.262 e. The molecular weight excluding hydrogens is 452 g/mol. The van der Waals surface area contributed by atoms with Crippen molar-refractivity contribution in [1.82, 2.24) is 9.13 Å². The van der Waals surface area contributed by atoms with Crippen LogP contribution in [-0.4, -0.2) is 20.3 Å². The zero-order valence-electron chi connectivity index (χ0n) is 21.1. The molecule has 182 valence electrons. The third kappa shape index (κ3) is 2.56. The van der Waals surface area contributed by atoms with Crippen LogP contribution in [-0.2, 0) is 14.1 Å². The summed E-state index contributed by atoms with van der Waals surface area (Å²) in [5.41, 5.74) is 3.56. The van der Waals surface area contributed by atoms with E-state index in [1.807, 2.05) is 62.6 Å². The molecule has 3 aliphatic rings. The Morgan fingerprint density at radius 2 is 1.39 bits per heavy atom. The molecule has 0 N–H and O–H groups in total. The van der Waals surface area contributed by atoms with Gasteiger partial charge in [-0.15, -0.1) is 0 Å². The number of aryl methyl sites for hydroxylation is 2. The number of benzene rings is 2. The van der Waals surface area contributed by atoms with E-state index in [-0.39, 0.29) is 17.0 Å². The molecule has 4 heterocycles. The fourth-order valence-corrected chi connectivity index (χ4v) is 6.92. The number of aromatic nitrogens is 2. The highest BCUT2D eigenvalue weighted by Gasteiger charge is 2.53. The molecule has 0 saturated heterocycles. The van der Waals surface area contributed by atoms with Crippen LogP contribution in [0.2, 0.25) is 0 Å². The molecule has 4 aromatic rings. The Morgan fingerprint density at radius 1 is 0.806 bits per heavy atom. The highest BCUT2D eigenvalue weighted by atomic mass is 16.5. The van der Waals surface area contributed by atoms with Crippen LogP contribution < -0.4 is 20.6 Å². The summed E-state index contributed by atoms with van der Waals surface area (Å²) in [6.45, 7) is 6.22. The van der Waals surface area contributed by atoms with Crippen molar-refractivity contribution in [3.05, 3.63) is 85.9 Å². The van der Waals surface area contributed by atoms with E-state index in [1.54, 1.807) is 9.13 Å². The van der Waals surface area contributed by atoms with Crippen molar-refractivity contribution in [1.29, 1.82) is 0 Å². The van der Waals surface area contributed by atoms with Gasteiger partial charge in [-0.2, -0.15) is 0 Å². The smallest absolute Gasteiger partial charge is 0.262 e. The van der Waals surface area contributed by atoms with E-state index in [0.29, 0.717) is 35.5 Å². The van der Waals surface area contributed by atoms with Gasteiger partial charge in [0.25, 0.3) is 11.1 Å². The second kappa shape index (κ2) is 6.69. The third-order valence-corrected chi connectivity index (χ3v) is 8.41. The summed E-state index contributed by atoms with van der Waals surface area (Å²) in [5.74, 6) is 1.10. The fourth-order valence-electron chi connectivity index (χ4n) is 6.92. The van der Waals surface area contributed by atoms with Crippen molar-refractivity contribution < 1.29 is 9.47 Å². The lowest BCUT2D eigenvalue weighted by atomic mass is 9.64. The van der Waals surface area contributed by atoms with E-state index < -0.39 is 11.2 Å². The van der Waals surface area contributed by atoms with Crippen LogP contribution in [0, 0.1) is 0 Å². The molecule has 0 saturated carbocycles. The van der Waals surface area contributed by atoms with Gasteiger partial charge in [0.1, 0.15) is 22.7 Å². The molecule has 2 unspecified atom stereocenters. The standard InChI is InChI=1S/C30H28N2O4/c1-29(2)24-18(22-25(35-29)16-10-6-8-12-20(16)31(4)27(22)33)14-30(3)15-19(24)23-26(36-30)17-11-7-9-13-21(17)32(5)28(23)34/h6-13,19H,14-15H2,1-5H3. The lowest BCUT2D eigenvalue weighted by Gasteiger charge is -2.51. The second-order valence-electron chi connectivity index (χ2n) is 11.2. The molecule has 36 heavy (non-hydrogen) atoms. The first-order valence-corrected chi connectivity index (χ1v) is 12.5. The maximum absolute atomic E-state index is 13.8. The summed E-state index contributed by atoms with van der Waals surface area (Å²) >= 11 is 0. The van der Waals surface area contributed by atoms with Crippen LogP contribution in [0.4, 0.5) is 0 Å². The topological polar surface area (TPSA) is 62.5 Å². The summed E-state index contributed by atoms with van der Waals surface area (Å²) in [6, 6.07) is 15.8. The van der Waals surface area contributed by atoms with Gasteiger partial charge >= 0.3 is 0 Å². The van der Waals surface area contributed by atoms with Crippen LogP contribution in [0.25, 0.3) is 27.4 Å². The minimum atomic E-state index is -0.700. The van der Waals surface area contributed by atoms with Crippen LogP contribution >= 0.6 is 0 Å². The summed E-state index contributed by atoms with van der Waals surface area (Å²) < 4.78 is 16.9. The molecule has 1 aliphatic carbocycles. The highest BCUT2D eigenvalue weighted by Crippen LogP contribution is 2.59. The van der Waals surface area contributed by atoms with Crippen molar-refractivity contribution >= 4 is 27.4 Å². The first-order chi connectivity index (χ1) is 17.1. The summed E-state index contributed by atoms with van der Waals surface area (Å²) in [4.78, 5) is 27.6. The number of rotatable bonds is 0. The lowest BCUT2D eigenvalue weighted by molar-refractivity contribution is 0.0437. The van der Waals surface area contributed by atoms with E-state index in [2.05, 4.69) is 20.8 Å². The monoisotopic (exact) mass is 480 g/mol. The quantitative estimate of drug-likeness (QED) is 0.354. The van der Waals surface area contributed by atoms with Gasteiger partial charge in [-0.25, -0.2) is 0 Å². The predicted molar refractivity (Wildman–Crippen MR) is 141 cm³/mol. The highest BCUT2D eigenvalue weighted by molar-refractivity contribution is 5.94. The van der Waals surface area contributed by atoms with Gasteiger partial charge in [0.2, 0.25) is 0 Å². The summed E-state index contributed by atoms with van der Waals surface area (Å²) in [7, 11) is 3.63. The zero-order chi connectivity index (χ0) is 25.1. The molecule has 2 aliphatic heterocycles. The molecule has 0 amide bonds. The van der Waals surface area contributed by atoms with Crippen molar-refractivity contribution in [2.75, 3.05) is 0 Å². The van der Waals surface area contributed by atoms with Crippen LogP contribution in [0.1, 0.15) is 50.7 Å². The molecule has 2 aromatic carbocycles. The zero-order valence-corrected chi connectivity index (χ0v) is 21.1. The van der Waals surface area contributed by atoms with Crippen molar-refractivity contribution in [2.24, 2.45) is 14.1 Å². The first kappa shape index (κ1) is 21.5. The van der Waals surface area contributed by atoms with Gasteiger partial charge in [0.05, 0.1) is 22.2 Å². The number of hydrogen-bond donors (Lipinski definition) is 0. The minimum absolute atomic E-state index is 0.0579. The Bertz CT molecular complexity index is 1810. The number of fused-ring (bicyclic) bond motifs is 11. The molecule has 7 rings (SSSR count). The molecule has 6 heteroatoms. The molecule has 2 bridgehead atoms. The third-order valence-electron chi connectivity index (χ3n) is 8.41. The fraction of sp³-hybridized carbons (Fsp3) is 0.333. The van der Waals surface area contributed by atoms with Crippen LogP contribution in [0.3, 0.4) is 0 Å². The molecule has 6 nitrogen and oxygen atoms in total. The SMILES string of the molecule is Cn1c(=O)c2c(c3ccccc31)OC(C)(C)C1=C2CC2(C)CC1c1c(c3ccccc3n(C)c1=O)O2. The largest absolute Gasteiger partial charge is 0.486 e. The normalized spacial score (nSPS) is 23.5. The molecular formula is C30H28N2O4. The van der Waals surface area contributed by atoms with Crippen LogP contribution in [0.5, 0.6) is 11.5 Å². The van der Waals surface area contributed by atoms with Gasteiger partial charge in [0, 0.05) is 37.2 Å². The molecule has 2 aromatic heterocycles. The lowest BCUT2D eigenvalue weighted by Crippen LogP contribution is -2.51. The van der Waals surface area contributed by atoms with Crippen LogP contribution in [0.15, 0.2) is 63.7 Å². The second-order valence-corrected chi connectivity index (χ2v) is 11.2. The minimum Gasteiger partial charge on any atom is -0.486 e. The van der Waals surface area contributed by atoms with E-state index in [4.69, 9.17) is 9.47 Å². The van der Waals surface area contributed by atoms with Crippen molar-refractivity contribution in [3.63, 3.8) is 0 Å². The van der Waals surface area contributed by atoms with Gasteiger partial charge in [-0.3, -0.25) is 9.59 Å². The van der Waals surface area contributed by atoms with Gasteiger partial charge in [0.15, 0.2) is 0 Å². The van der Waals surface area contributed by atoms with E-state index in [9.17, 15) is 9.59 Å².